The Morgan fingerprint density at radius 3 is 2.37 bits per heavy atom. The largest absolute Gasteiger partial charge is 0.368 e. The Bertz CT molecular complexity index is 768. The SMILES string of the molecule is CCCCN(C)C(=O)c1cc(N2CCN(c3cccc(C)c3)CC2)ccn1. The van der Waals surface area contributed by atoms with E-state index in [0.717, 1.165) is 51.3 Å². The predicted octanol–water partition coefficient (Wildman–Crippen LogP) is 3.59. The molecule has 0 atom stereocenters. The van der Waals surface area contributed by atoms with Gasteiger partial charge in [0, 0.05) is 57.3 Å². The minimum absolute atomic E-state index is 0.00342. The van der Waals surface area contributed by atoms with Crippen molar-refractivity contribution in [1.82, 2.24) is 9.88 Å². The van der Waals surface area contributed by atoms with E-state index >= 15 is 0 Å². The highest BCUT2D eigenvalue weighted by Gasteiger charge is 2.20. The van der Waals surface area contributed by atoms with Crippen LogP contribution in [0.5, 0.6) is 0 Å². The summed E-state index contributed by atoms with van der Waals surface area (Å²) in [4.78, 5) is 23.4. The predicted molar refractivity (Wildman–Crippen MR) is 112 cm³/mol. The van der Waals surface area contributed by atoms with E-state index in [0.29, 0.717) is 5.69 Å². The van der Waals surface area contributed by atoms with Gasteiger partial charge in [-0.3, -0.25) is 9.78 Å². The third kappa shape index (κ3) is 4.79. The Morgan fingerprint density at radius 2 is 1.74 bits per heavy atom. The molecule has 144 valence electrons. The van der Waals surface area contributed by atoms with Gasteiger partial charge in [-0.2, -0.15) is 0 Å². The van der Waals surface area contributed by atoms with E-state index in [9.17, 15) is 4.79 Å². The van der Waals surface area contributed by atoms with E-state index in [1.165, 1.54) is 11.3 Å². The van der Waals surface area contributed by atoms with Crippen LogP contribution >= 0.6 is 0 Å². The molecule has 1 fully saturated rings. The summed E-state index contributed by atoms with van der Waals surface area (Å²) < 4.78 is 0. The Morgan fingerprint density at radius 1 is 1.07 bits per heavy atom. The smallest absolute Gasteiger partial charge is 0.272 e. The van der Waals surface area contributed by atoms with Crippen LogP contribution in [0.4, 0.5) is 11.4 Å². The van der Waals surface area contributed by atoms with Crippen LogP contribution < -0.4 is 9.80 Å². The molecule has 1 aliphatic heterocycles. The number of unbranched alkanes of at least 4 members (excludes halogenated alkanes) is 1. The zero-order valence-corrected chi connectivity index (χ0v) is 16.7. The number of carbonyl (C=O) groups excluding carboxylic acids is 1. The lowest BCUT2D eigenvalue weighted by Crippen LogP contribution is -2.46. The van der Waals surface area contributed by atoms with Gasteiger partial charge in [-0.1, -0.05) is 25.5 Å². The standard InChI is InChI=1S/C22H30N4O/c1-4-5-11-24(3)22(27)21-17-20(9-10-23-21)26-14-12-25(13-15-26)19-8-6-7-18(2)16-19/h6-10,16-17H,4-5,11-15H2,1-3H3. The Balaban J connectivity index is 1.64. The first-order chi connectivity index (χ1) is 13.1. The minimum atomic E-state index is 0.00342. The number of anilines is 2. The fourth-order valence-electron chi connectivity index (χ4n) is 3.47. The maximum absolute atomic E-state index is 12.6. The molecule has 1 aromatic heterocycles. The van der Waals surface area contributed by atoms with Crippen LogP contribution in [0.1, 0.15) is 35.8 Å². The zero-order valence-electron chi connectivity index (χ0n) is 16.7. The van der Waals surface area contributed by atoms with Gasteiger partial charge in [0.2, 0.25) is 0 Å². The first-order valence-corrected chi connectivity index (χ1v) is 9.86. The molecule has 0 spiro atoms. The van der Waals surface area contributed by atoms with Crippen molar-refractivity contribution >= 4 is 17.3 Å². The van der Waals surface area contributed by atoms with Crippen LogP contribution in [0.3, 0.4) is 0 Å². The van der Waals surface area contributed by atoms with Gasteiger partial charge in [0.1, 0.15) is 5.69 Å². The van der Waals surface area contributed by atoms with E-state index in [4.69, 9.17) is 0 Å². The summed E-state index contributed by atoms with van der Waals surface area (Å²) in [6.45, 7) is 8.88. The number of aromatic nitrogens is 1. The second-order valence-electron chi connectivity index (χ2n) is 7.29. The van der Waals surface area contributed by atoms with Gasteiger partial charge < -0.3 is 14.7 Å². The molecule has 0 radical (unpaired) electrons. The molecule has 1 aromatic carbocycles. The molecule has 0 bridgehead atoms. The number of nitrogens with zero attached hydrogens (tertiary/aromatic N) is 4. The molecule has 1 saturated heterocycles. The lowest BCUT2D eigenvalue weighted by atomic mass is 10.2. The number of piperazine rings is 1. The summed E-state index contributed by atoms with van der Waals surface area (Å²) in [5.74, 6) is 0.00342. The first kappa shape index (κ1) is 19.2. The molecule has 0 saturated carbocycles. The number of benzene rings is 1. The van der Waals surface area contributed by atoms with Crippen molar-refractivity contribution in [2.75, 3.05) is 49.6 Å². The number of aryl methyl sites for hydroxylation is 1. The van der Waals surface area contributed by atoms with Crippen LogP contribution in [0, 0.1) is 6.92 Å². The second kappa shape index (κ2) is 8.89. The van der Waals surface area contributed by atoms with Crippen LogP contribution in [0.15, 0.2) is 42.6 Å². The molecule has 1 aliphatic rings. The summed E-state index contributed by atoms with van der Waals surface area (Å²) in [6, 6.07) is 12.6. The van der Waals surface area contributed by atoms with Gasteiger partial charge >= 0.3 is 0 Å². The monoisotopic (exact) mass is 366 g/mol. The summed E-state index contributed by atoms with van der Waals surface area (Å²) in [7, 11) is 1.85. The molecule has 3 rings (SSSR count). The quantitative estimate of drug-likeness (QED) is 0.783. The second-order valence-corrected chi connectivity index (χ2v) is 7.29. The molecule has 0 aliphatic carbocycles. The summed E-state index contributed by atoms with van der Waals surface area (Å²) >= 11 is 0. The number of hydrogen-bond acceptors (Lipinski definition) is 4. The number of carbonyl (C=O) groups is 1. The van der Waals surface area contributed by atoms with Gasteiger partial charge in [0.05, 0.1) is 0 Å². The molecule has 2 aromatic rings. The highest BCUT2D eigenvalue weighted by atomic mass is 16.2. The Kier molecular flexibility index (Phi) is 6.32. The van der Waals surface area contributed by atoms with Crippen molar-refractivity contribution in [3.8, 4) is 0 Å². The average molecular weight is 367 g/mol. The highest BCUT2D eigenvalue weighted by molar-refractivity contribution is 5.93. The van der Waals surface area contributed by atoms with Gasteiger partial charge in [-0.05, 0) is 43.2 Å². The highest BCUT2D eigenvalue weighted by Crippen LogP contribution is 2.22. The van der Waals surface area contributed by atoms with Gasteiger partial charge in [-0.15, -0.1) is 0 Å². The molecule has 5 nitrogen and oxygen atoms in total. The van der Waals surface area contributed by atoms with Crippen molar-refractivity contribution in [3.05, 3.63) is 53.9 Å². The van der Waals surface area contributed by atoms with Crippen LogP contribution in [-0.4, -0.2) is 55.6 Å². The summed E-state index contributed by atoms with van der Waals surface area (Å²) in [5.41, 5.74) is 4.20. The van der Waals surface area contributed by atoms with E-state index in [1.807, 2.05) is 19.2 Å². The van der Waals surface area contributed by atoms with Crippen molar-refractivity contribution in [2.45, 2.75) is 26.7 Å². The summed E-state index contributed by atoms with van der Waals surface area (Å²) in [5, 5.41) is 0. The molecule has 5 heteroatoms. The van der Waals surface area contributed by atoms with Crippen molar-refractivity contribution < 1.29 is 4.79 Å². The Labute approximate surface area is 162 Å². The van der Waals surface area contributed by atoms with Gasteiger partial charge in [0.15, 0.2) is 0 Å². The van der Waals surface area contributed by atoms with Crippen LogP contribution in [0.2, 0.25) is 0 Å². The minimum Gasteiger partial charge on any atom is -0.368 e. The fourth-order valence-corrected chi connectivity index (χ4v) is 3.47. The molecule has 1 amide bonds. The number of amides is 1. The van der Waals surface area contributed by atoms with E-state index in [1.54, 1.807) is 11.1 Å². The average Bonchev–Trinajstić information content (AvgIpc) is 2.71. The van der Waals surface area contributed by atoms with Crippen molar-refractivity contribution in [1.29, 1.82) is 0 Å². The molecule has 0 unspecified atom stereocenters. The van der Waals surface area contributed by atoms with Gasteiger partial charge in [0.25, 0.3) is 5.91 Å². The van der Waals surface area contributed by atoms with E-state index in [-0.39, 0.29) is 5.91 Å². The van der Waals surface area contributed by atoms with Gasteiger partial charge in [-0.25, -0.2) is 0 Å². The van der Waals surface area contributed by atoms with Crippen molar-refractivity contribution in [3.63, 3.8) is 0 Å². The molecule has 2 heterocycles. The molecule has 27 heavy (non-hydrogen) atoms. The molecular formula is C22H30N4O. The lowest BCUT2D eigenvalue weighted by Gasteiger charge is -2.37. The van der Waals surface area contributed by atoms with Crippen LogP contribution in [0.25, 0.3) is 0 Å². The number of rotatable bonds is 6. The molecular weight excluding hydrogens is 336 g/mol. The van der Waals surface area contributed by atoms with E-state index in [2.05, 4.69) is 52.9 Å². The third-order valence-electron chi connectivity index (χ3n) is 5.17. The molecule has 0 N–H and O–H groups in total. The van der Waals surface area contributed by atoms with E-state index < -0.39 is 0 Å². The fraction of sp³-hybridized carbons (Fsp3) is 0.455. The number of pyridine rings is 1. The normalized spacial score (nSPS) is 14.3. The maximum Gasteiger partial charge on any atom is 0.272 e. The zero-order chi connectivity index (χ0) is 19.2. The van der Waals surface area contributed by atoms with Crippen LogP contribution in [-0.2, 0) is 0 Å². The third-order valence-corrected chi connectivity index (χ3v) is 5.17. The number of hydrogen-bond donors (Lipinski definition) is 0. The van der Waals surface area contributed by atoms with Crippen molar-refractivity contribution in [2.24, 2.45) is 0 Å². The maximum atomic E-state index is 12.6. The lowest BCUT2D eigenvalue weighted by molar-refractivity contribution is 0.0787. The topological polar surface area (TPSA) is 39.7 Å². The summed E-state index contributed by atoms with van der Waals surface area (Å²) in [6.07, 6.45) is 3.85. The first-order valence-electron chi connectivity index (χ1n) is 9.86. The Hall–Kier alpha value is -2.56.